The third-order valence-electron chi connectivity index (χ3n) is 2.34. The van der Waals surface area contributed by atoms with Crippen molar-refractivity contribution >= 4 is 5.82 Å². The molecule has 0 fully saturated rings. The van der Waals surface area contributed by atoms with Crippen molar-refractivity contribution < 1.29 is 0 Å². The van der Waals surface area contributed by atoms with Gasteiger partial charge in [-0.25, -0.2) is 0 Å². The molecule has 0 saturated heterocycles. The van der Waals surface area contributed by atoms with Crippen molar-refractivity contribution in [2.24, 2.45) is 7.05 Å². The first-order valence-electron chi connectivity index (χ1n) is 4.86. The van der Waals surface area contributed by atoms with Gasteiger partial charge in [-0.05, 0) is 6.07 Å². The largest absolute Gasteiger partial charge is 0.382 e. The van der Waals surface area contributed by atoms with Gasteiger partial charge in [-0.15, -0.1) is 10.2 Å². The van der Waals surface area contributed by atoms with Crippen LogP contribution in [-0.2, 0) is 20.0 Å². The number of aromatic nitrogens is 5. The summed E-state index contributed by atoms with van der Waals surface area (Å²) in [7, 11) is 1.96. The van der Waals surface area contributed by atoms with Gasteiger partial charge in [0.05, 0.1) is 0 Å². The average molecular weight is 206 g/mol. The lowest BCUT2D eigenvalue weighted by molar-refractivity contribution is 0.627. The molecule has 6 nitrogen and oxygen atoms in total. The summed E-state index contributed by atoms with van der Waals surface area (Å²) in [5.74, 6) is 2.38. The normalized spacial score (nSPS) is 10.8. The number of nitrogens with two attached hydrogens (primary N) is 1. The smallest absolute Gasteiger partial charge is 0.154 e. The molecular formula is C9H14N6. The number of nitrogen functional groups attached to an aromatic ring is 1. The molecule has 0 atom stereocenters. The van der Waals surface area contributed by atoms with Crippen LogP contribution in [0.3, 0.4) is 0 Å². The van der Waals surface area contributed by atoms with Gasteiger partial charge in [-0.2, -0.15) is 5.10 Å². The van der Waals surface area contributed by atoms with Gasteiger partial charge in [0.15, 0.2) is 5.82 Å². The highest BCUT2D eigenvalue weighted by molar-refractivity contribution is 5.23. The first-order chi connectivity index (χ1) is 7.20. The van der Waals surface area contributed by atoms with Crippen molar-refractivity contribution in [3.8, 4) is 0 Å². The number of rotatable bonds is 3. The number of nitrogens with zero attached hydrogens (tertiary/aromatic N) is 5. The van der Waals surface area contributed by atoms with Crippen LogP contribution in [0.5, 0.6) is 0 Å². The predicted molar refractivity (Wildman–Crippen MR) is 56.1 cm³/mol. The fraction of sp³-hybridized carbons (Fsp3) is 0.444. The number of aryl methyl sites for hydroxylation is 1. The molecule has 6 heteroatoms. The minimum Gasteiger partial charge on any atom is -0.382 e. The molecule has 2 N–H and O–H groups in total. The zero-order valence-corrected chi connectivity index (χ0v) is 8.88. The number of hydrogen-bond donors (Lipinski definition) is 1. The van der Waals surface area contributed by atoms with Gasteiger partial charge in [-0.1, -0.05) is 6.92 Å². The summed E-state index contributed by atoms with van der Waals surface area (Å²) >= 11 is 0. The van der Waals surface area contributed by atoms with Crippen LogP contribution in [0.25, 0.3) is 0 Å². The van der Waals surface area contributed by atoms with Gasteiger partial charge < -0.3 is 10.3 Å². The molecule has 0 aromatic carbocycles. The van der Waals surface area contributed by atoms with E-state index in [1.807, 2.05) is 17.8 Å². The summed E-state index contributed by atoms with van der Waals surface area (Å²) in [6, 6.07) is 1.76. The highest BCUT2D eigenvalue weighted by atomic mass is 15.3. The summed E-state index contributed by atoms with van der Waals surface area (Å²) in [4.78, 5) is 0. The first kappa shape index (κ1) is 9.70. The SMILES string of the molecule is CCc1nnc(Cn2ccc(N)n2)n1C. The molecular weight excluding hydrogens is 192 g/mol. The quantitative estimate of drug-likeness (QED) is 0.778. The van der Waals surface area contributed by atoms with E-state index in [1.165, 1.54) is 0 Å². The zero-order chi connectivity index (χ0) is 10.8. The van der Waals surface area contributed by atoms with Crippen LogP contribution in [0, 0.1) is 0 Å². The second-order valence-electron chi connectivity index (χ2n) is 3.38. The topological polar surface area (TPSA) is 74.6 Å². The molecule has 80 valence electrons. The highest BCUT2D eigenvalue weighted by Crippen LogP contribution is 2.03. The van der Waals surface area contributed by atoms with Gasteiger partial charge in [0.2, 0.25) is 0 Å². The Morgan fingerprint density at radius 1 is 1.33 bits per heavy atom. The fourth-order valence-electron chi connectivity index (χ4n) is 1.45. The molecule has 2 heterocycles. The zero-order valence-electron chi connectivity index (χ0n) is 8.88. The standard InChI is InChI=1S/C9H14N6/c1-3-8-11-12-9(14(8)2)6-15-5-4-7(10)13-15/h4-5H,3,6H2,1-2H3,(H2,10,13). The van der Waals surface area contributed by atoms with Crippen molar-refractivity contribution in [2.75, 3.05) is 5.73 Å². The Hall–Kier alpha value is -1.85. The van der Waals surface area contributed by atoms with Crippen LogP contribution in [0.1, 0.15) is 18.6 Å². The van der Waals surface area contributed by atoms with E-state index in [0.29, 0.717) is 12.4 Å². The highest BCUT2D eigenvalue weighted by Gasteiger charge is 2.07. The maximum Gasteiger partial charge on any atom is 0.154 e. The Balaban J connectivity index is 2.21. The maximum atomic E-state index is 5.53. The molecule has 0 radical (unpaired) electrons. The fourth-order valence-corrected chi connectivity index (χ4v) is 1.45. The monoisotopic (exact) mass is 206 g/mol. The van der Waals surface area contributed by atoms with Crippen LogP contribution in [0.15, 0.2) is 12.3 Å². The van der Waals surface area contributed by atoms with Gasteiger partial charge in [0.1, 0.15) is 18.2 Å². The molecule has 2 aromatic rings. The molecule has 15 heavy (non-hydrogen) atoms. The molecule has 2 aromatic heterocycles. The Kier molecular flexibility index (Phi) is 2.40. The lowest BCUT2D eigenvalue weighted by Crippen LogP contribution is -2.08. The van der Waals surface area contributed by atoms with Crippen LogP contribution in [0.4, 0.5) is 5.82 Å². The second kappa shape index (κ2) is 3.72. The van der Waals surface area contributed by atoms with E-state index < -0.39 is 0 Å². The number of hydrogen-bond acceptors (Lipinski definition) is 4. The van der Waals surface area contributed by atoms with E-state index in [9.17, 15) is 0 Å². The molecule has 0 aliphatic carbocycles. The van der Waals surface area contributed by atoms with E-state index in [1.54, 1.807) is 10.7 Å². The molecule has 0 unspecified atom stereocenters. The Morgan fingerprint density at radius 3 is 2.60 bits per heavy atom. The van der Waals surface area contributed by atoms with E-state index in [2.05, 4.69) is 22.2 Å². The number of anilines is 1. The van der Waals surface area contributed by atoms with Gasteiger partial charge in [0, 0.05) is 19.7 Å². The molecule has 0 aliphatic heterocycles. The average Bonchev–Trinajstić information content (AvgIpc) is 2.76. The Labute approximate surface area is 87.7 Å². The van der Waals surface area contributed by atoms with Crippen LogP contribution < -0.4 is 5.73 Å². The predicted octanol–water partition coefficient (Wildman–Crippen LogP) is 0.204. The lowest BCUT2D eigenvalue weighted by atomic mass is 10.4. The van der Waals surface area contributed by atoms with Crippen molar-refractivity contribution in [3.63, 3.8) is 0 Å². The maximum absolute atomic E-state index is 5.53. The summed E-state index contributed by atoms with van der Waals surface area (Å²) in [5.41, 5.74) is 5.53. The van der Waals surface area contributed by atoms with E-state index in [-0.39, 0.29) is 0 Å². The van der Waals surface area contributed by atoms with Crippen LogP contribution in [0.2, 0.25) is 0 Å². The molecule has 0 spiro atoms. The van der Waals surface area contributed by atoms with Crippen LogP contribution in [-0.4, -0.2) is 24.5 Å². The van der Waals surface area contributed by atoms with Crippen molar-refractivity contribution in [3.05, 3.63) is 23.9 Å². The van der Waals surface area contributed by atoms with Gasteiger partial charge in [0.25, 0.3) is 0 Å². The summed E-state index contributed by atoms with van der Waals surface area (Å²) in [5, 5.41) is 12.3. The van der Waals surface area contributed by atoms with E-state index in [4.69, 9.17) is 5.73 Å². The Bertz CT molecular complexity index is 455. The van der Waals surface area contributed by atoms with Crippen molar-refractivity contribution in [1.82, 2.24) is 24.5 Å². The lowest BCUT2D eigenvalue weighted by Gasteiger charge is -2.02. The molecule has 0 amide bonds. The van der Waals surface area contributed by atoms with Gasteiger partial charge in [-0.3, -0.25) is 4.68 Å². The third kappa shape index (κ3) is 1.83. The Morgan fingerprint density at radius 2 is 2.07 bits per heavy atom. The summed E-state index contributed by atoms with van der Waals surface area (Å²) in [6.07, 6.45) is 2.71. The minimum absolute atomic E-state index is 0.521. The van der Waals surface area contributed by atoms with E-state index in [0.717, 1.165) is 18.1 Å². The second-order valence-corrected chi connectivity index (χ2v) is 3.38. The van der Waals surface area contributed by atoms with E-state index >= 15 is 0 Å². The van der Waals surface area contributed by atoms with Gasteiger partial charge >= 0.3 is 0 Å². The third-order valence-corrected chi connectivity index (χ3v) is 2.34. The summed E-state index contributed by atoms with van der Waals surface area (Å²) < 4.78 is 3.73. The summed E-state index contributed by atoms with van der Waals surface area (Å²) in [6.45, 7) is 2.65. The van der Waals surface area contributed by atoms with Crippen molar-refractivity contribution in [1.29, 1.82) is 0 Å². The first-order valence-corrected chi connectivity index (χ1v) is 4.86. The minimum atomic E-state index is 0.521. The van der Waals surface area contributed by atoms with Crippen LogP contribution >= 0.6 is 0 Å². The molecule has 0 aliphatic rings. The molecule has 0 bridgehead atoms. The molecule has 0 saturated carbocycles. The van der Waals surface area contributed by atoms with Crippen molar-refractivity contribution in [2.45, 2.75) is 19.9 Å². The molecule has 2 rings (SSSR count).